The van der Waals surface area contributed by atoms with Gasteiger partial charge in [-0.2, -0.15) is 0 Å². The lowest BCUT2D eigenvalue weighted by atomic mass is 10.2. The SMILES string of the molecule is Cc1c[nH]c2ccccc12.Cc1cn(S(=O)(=O)c2ccccc2)c2ccccc12. The van der Waals surface area contributed by atoms with Crippen molar-refractivity contribution in [2.75, 3.05) is 0 Å². The summed E-state index contributed by atoms with van der Waals surface area (Å²) in [6, 6.07) is 24.3. The van der Waals surface area contributed by atoms with Crippen LogP contribution in [0.5, 0.6) is 0 Å². The van der Waals surface area contributed by atoms with Gasteiger partial charge < -0.3 is 4.98 Å². The fourth-order valence-electron chi connectivity index (χ4n) is 3.44. The zero-order chi connectivity index (χ0) is 20.4. The number of aromatic amines is 1. The summed E-state index contributed by atoms with van der Waals surface area (Å²) in [7, 11) is -3.53. The van der Waals surface area contributed by atoms with Crippen molar-refractivity contribution < 1.29 is 8.42 Å². The van der Waals surface area contributed by atoms with Gasteiger partial charge >= 0.3 is 0 Å². The van der Waals surface area contributed by atoms with Gasteiger partial charge in [0.05, 0.1) is 10.4 Å². The number of para-hydroxylation sites is 2. The molecule has 0 spiro atoms. The minimum Gasteiger partial charge on any atom is -0.361 e. The Balaban J connectivity index is 0.000000171. The van der Waals surface area contributed by atoms with Crippen LogP contribution in [-0.4, -0.2) is 17.4 Å². The van der Waals surface area contributed by atoms with E-state index in [4.69, 9.17) is 0 Å². The molecule has 0 bridgehead atoms. The third-order valence-electron chi connectivity index (χ3n) is 4.97. The zero-order valence-electron chi connectivity index (χ0n) is 16.3. The van der Waals surface area contributed by atoms with Gasteiger partial charge in [0.2, 0.25) is 0 Å². The Bertz CT molecular complexity index is 1380. The second kappa shape index (κ2) is 7.60. The first-order chi connectivity index (χ1) is 14.0. The minimum atomic E-state index is -3.53. The van der Waals surface area contributed by atoms with E-state index in [0.29, 0.717) is 10.4 Å². The van der Waals surface area contributed by atoms with Crippen LogP contribution in [0.3, 0.4) is 0 Å². The fraction of sp³-hybridized carbons (Fsp3) is 0.0833. The van der Waals surface area contributed by atoms with Crippen molar-refractivity contribution >= 4 is 31.8 Å². The van der Waals surface area contributed by atoms with E-state index in [1.165, 1.54) is 20.4 Å². The third kappa shape index (κ3) is 3.57. The molecule has 2 aromatic heterocycles. The van der Waals surface area contributed by atoms with Gasteiger partial charge in [-0.25, -0.2) is 12.4 Å². The van der Waals surface area contributed by atoms with Gasteiger partial charge in [-0.1, -0.05) is 54.6 Å². The van der Waals surface area contributed by atoms with Crippen LogP contribution in [0.2, 0.25) is 0 Å². The number of hydrogen-bond acceptors (Lipinski definition) is 2. The lowest BCUT2D eigenvalue weighted by Gasteiger charge is -2.07. The van der Waals surface area contributed by atoms with Gasteiger partial charge in [-0.3, -0.25) is 0 Å². The zero-order valence-corrected chi connectivity index (χ0v) is 17.1. The molecule has 0 unspecified atom stereocenters. The van der Waals surface area contributed by atoms with E-state index >= 15 is 0 Å². The minimum absolute atomic E-state index is 0.302. The maximum atomic E-state index is 12.6. The highest BCUT2D eigenvalue weighted by Gasteiger charge is 2.19. The highest BCUT2D eigenvalue weighted by Crippen LogP contribution is 2.25. The number of aromatic nitrogens is 2. The van der Waals surface area contributed by atoms with Crippen LogP contribution in [0.15, 0.2) is 96.2 Å². The summed E-state index contributed by atoms with van der Waals surface area (Å²) in [6.07, 6.45) is 3.71. The van der Waals surface area contributed by atoms with Crippen molar-refractivity contribution in [3.05, 3.63) is 102 Å². The molecule has 29 heavy (non-hydrogen) atoms. The predicted octanol–water partition coefficient (Wildman–Crippen LogP) is 5.66. The van der Waals surface area contributed by atoms with Crippen LogP contribution < -0.4 is 0 Å². The molecule has 0 saturated carbocycles. The van der Waals surface area contributed by atoms with Crippen LogP contribution in [0.4, 0.5) is 0 Å². The molecule has 5 rings (SSSR count). The van der Waals surface area contributed by atoms with Gasteiger partial charge in [0.15, 0.2) is 0 Å². The maximum Gasteiger partial charge on any atom is 0.268 e. The first-order valence-electron chi connectivity index (χ1n) is 9.38. The highest BCUT2D eigenvalue weighted by molar-refractivity contribution is 7.90. The van der Waals surface area contributed by atoms with Crippen molar-refractivity contribution in [2.24, 2.45) is 0 Å². The van der Waals surface area contributed by atoms with Crippen molar-refractivity contribution in [3.63, 3.8) is 0 Å². The Labute approximate surface area is 170 Å². The normalized spacial score (nSPS) is 11.4. The lowest BCUT2D eigenvalue weighted by molar-refractivity contribution is 0.589. The number of nitrogens with zero attached hydrogens (tertiary/aromatic N) is 1. The number of H-pyrrole nitrogens is 1. The molecule has 0 aliphatic rings. The van der Waals surface area contributed by atoms with Gasteiger partial charge in [-0.05, 0) is 49.2 Å². The van der Waals surface area contributed by atoms with E-state index in [1.807, 2.05) is 43.5 Å². The Morgan fingerprint density at radius 3 is 2.07 bits per heavy atom. The monoisotopic (exact) mass is 402 g/mol. The number of fused-ring (bicyclic) bond motifs is 2. The summed E-state index contributed by atoms with van der Waals surface area (Å²) in [5.41, 5.74) is 4.20. The summed E-state index contributed by atoms with van der Waals surface area (Å²) in [4.78, 5) is 3.49. The van der Waals surface area contributed by atoms with Crippen molar-refractivity contribution in [1.29, 1.82) is 0 Å². The average molecular weight is 403 g/mol. The van der Waals surface area contributed by atoms with Crippen LogP contribution in [0.1, 0.15) is 11.1 Å². The Morgan fingerprint density at radius 2 is 1.34 bits per heavy atom. The Kier molecular flexibility index (Phi) is 4.99. The molecule has 3 aromatic carbocycles. The Morgan fingerprint density at radius 1 is 0.724 bits per heavy atom. The highest BCUT2D eigenvalue weighted by atomic mass is 32.2. The molecule has 0 fully saturated rings. The number of hydrogen-bond donors (Lipinski definition) is 1. The second-order valence-electron chi connectivity index (χ2n) is 6.96. The summed E-state index contributed by atoms with van der Waals surface area (Å²) < 4.78 is 26.6. The number of aryl methyl sites for hydroxylation is 2. The quantitative estimate of drug-likeness (QED) is 0.414. The molecule has 146 valence electrons. The molecule has 5 aromatic rings. The molecule has 0 atom stereocenters. The smallest absolute Gasteiger partial charge is 0.268 e. The standard InChI is InChI=1S/C15H13NO2S.C9H9N/c1-12-11-16(15-10-6-5-9-14(12)15)19(17,18)13-7-3-2-4-8-13;1-7-6-10-9-5-3-2-4-8(7)9/h2-11H,1H3;2-6,10H,1H3. The van der Waals surface area contributed by atoms with E-state index in [9.17, 15) is 8.42 Å². The molecule has 0 radical (unpaired) electrons. The van der Waals surface area contributed by atoms with E-state index in [0.717, 1.165) is 10.9 Å². The predicted molar refractivity (Wildman–Crippen MR) is 119 cm³/mol. The maximum absolute atomic E-state index is 12.6. The molecule has 0 amide bonds. The molecular formula is C24H22N2O2S. The van der Waals surface area contributed by atoms with E-state index in [1.54, 1.807) is 36.5 Å². The number of benzene rings is 3. The number of nitrogens with one attached hydrogen (secondary N) is 1. The van der Waals surface area contributed by atoms with Crippen molar-refractivity contribution in [3.8, 4) is 0 Å². The Hall–Kier alpha value is -3.31. The molecule has 2 heterocycles. The molecule has 1 N–H and O–H groups in total. The van der Waals surface area contributed by atoms with Crippen LogP contribution in [0, 0.1) is 13.8 Å². The molecule has 0 aliphatic heterocycles. The van der Waals surface area contributed by atoms with Crippen LogP contribution >= 0.6 is 0 Å². The van der Waals surface area contributed by atoms with Crippen molar-refractivity contribution in [2.45, 2.75) is 18.7 Å². The molecule has 0 saturated heterocycles. The molecular weight excluding hydrogens is 380 g/mol. The number of rotatable bonds is 2. The summed E-state index contributed by atoms with van der Waals surface area (Å²) >= 11 is 0. The summed E-state index contributed by atoms with van der Waals surface area (Å²) in [6.45, 7) is 4.03. The lowest BCUT2D eigenvalue weighted by Crippen LogP contribution is -2.11. The summed E-state index contributed by atoms with van der Waals surface area (Å²) in [5, 5.41) is 2.28. The van der Waals surface area contributed by atoms with E-state index in [2.05, 4.69) is 30.1 Å². The molecule has 5 heteroatoms. The average Bonchev–Trinajstić information content (AvgIpc) is 3.30. The van der Waals surface area contributed by atoms with Gasteiger partial charge in [0.25, 0.3) is 10.0 Å². The fourth-order valence-corrected chi connectivity index (χ4v) is 4.88. The first-order valence-corrected chi connectivity index (χ1v) is 10.8. The largest absolute Gasteiger partial charge is 0.361 e. The topological polar surface area (TPSA) is 54.9 Å². The first kappa shape index (κ1) is 19.0. The molecule has 0 aliphatic carbocycles. The van der Waals surface area contributed by atoms with Crippen LogP contribution in [-0.2, 0) is 10.0 Å². The van der Waals surface area contributed by atoms with E-state index in [-0.39, 0.29) is 0 Å². The van der Waals surface area contributed by atoms with Gasteiger partial charge in [0.1, 0.15) is 0 Å². The third-order valence-corrected chi connectivity index (χ3v) is 6.66. The molecule has 4 nitrogen and oxygen atoms in total. The summed E-state index contributed by atoms with van der Waals surface area (Å²) in [5.74, 6) is 0. The van der Waals surface area contributed by atoms with Crippen molar-refractivity contribution in [1.82, 2.24) is 8.96 Å². The van der Waals surface area contributed by atoms with Gasteiger partial charge in [0, 0.05) is 28.7 Å². The van der Waals surface area contributed by atoms with Gasteiger partial charge in [-0.15, -0.1) is 0 Å². The second-order valence-corrected chi connectivity index (χ2v) is 8.78. The van der Waals surface area contributed by atoms with Crippen LogP contribution in [0.25, 0.3) is 21.8 Å². The van der Waals surface area contributed by atoms with E-state index < -0.39 is 10.0 Å².